The Morgan fingerprint density at radius 2 is 1.56 bits per heavy atom. The zero-order valence-electron chi connectivity index (χ0n) is 18.5. The van der Waals surface area contributed by atoms with E-state index in [1.165, 1.54) is 6.07 Å². The first-order valence-corrected chi connectivity index (χ1v) is 10.8. The van der Waals surface area contributed by atoms with Gasteiger partial charge in [-0.2, -0.15) is 0 Å². The number of benzene rings is 3. The van der Waals surface area contributed by atoms with Gasteiger partial charge in [-0.1, -0.05) is 42.5 Å². The molecule has 1 saturated heterocycles. The van der Waals surface area contributed by atoms with Crippen LogP contribution in [0.25, 0.3) is 0 Å². The smallest absolute Gasteiger partial charge is 0.203 e. The van der Waals surface area contributed by atoms with Crippen molar-refractivity contribution in [1.82, 2.24) is 10.2 Å². The van der Waals surface area contributed by atoms with Crippen LogP contribution in [0.3, 0.4) is 0 Å². The molecule has 168 valence electrons. The standard InChI is InChI=1S/C26H29FN2O3/c1-30-23-16-21(17-24(31-2)26(23)32-18-19-7-4-3-5-8-19)25(29-13-11-28-12-14-29)20-9-6-10-22(27)15-20/h3-10,15-17,25,28H,11-14,18H2,1-2H3. The first-order chi connectivity index (χ1) is 15.7. The molecule has 1 unspecified atom stereocenters. The highest BCUT2D eigenvalue weighted by atomic mass is 19.1. The summed E-state index contributed by atoms with van der Waals surface area (Å²) < 4.78 is 31.6. The minimum atomic E-state index is -0.246. The van der Waals surface area contributed by atoms with Gasteiger partial charge in [-0.05, 0) is 41.0 Å². The predicted molar refractivity (Wildman–Crippen MR) is 123 cm³/mol. The number of rotatable bonds is 8. The number of nitrogens with one attached hydrogen (secondary N) is 1. The van der Waals surface area contributed by atoms with Gasteiger partial charge in [0.25, 0.3) is 0 Å². The van der Waals surface area contributed by atoms with E-state index in [4.69, 9.17) is 14.2 Å². The van der Waals surface area contributed by atoms with E-state index in [1.807, 2.05) is 48.5 Å². The van der Waals surface area contributed by atoms with Crippen molar-refractivity contribution in [2.45, 2.75) is 12.6 Å². The molecule has 0 bridgehead atoms. The van der Waals surface area contributed by atoms with Gasteiger partial charge in [0.2, 0.25) is 5.75 Å². The Bertz CT molecular complexity index is 998. The number of ether oxygens (including phenoxy) is 3. The van der Waals surface area contributed by atoms with Gasteiger partial charge in [0.1, 0.15) is 12.4 Å². The molecule has 1 aliphatic heterocycles. The van der Waals surface area contributed by atoms with Crippen LogP contribution < -0.4 is 19.5 Å². The number of hydrogen-bond donors (Lipinski definition) is 1. The van der Waals surface area contributed by atoms with Crippen molar-refractivity contribution >= 4 is 0 Å². The van der Waals surface area contributed by atoms with Gasteiger partial charge in [0.05, 0.1) is 20.3 Å². The Hall–Kier alpha value is -3.09. The van der Waals surface area contributed by atoms with Crippen molar-refractivity contribution in [2.75, 3.05) is 40.4 Å². The van der Waals surface area contributed by atoms with E-state index in [0.717, 1.165) is 42.9 Å². The van der Waals surface area contributed by atoms with Crippen molar-refractivity contribution in [3.63, 3.8) is 0 Å². The van der Waals surface area contributed by atoms with E-state index >= 15 is 0 Å². The van der Waals surface area contributed by atoms with Gasteiger partial charge in [-0.15, -0.1) is 0 Å². The predicted octanol–water partition coefficient (Wildman–Crippen LogP) is 4.42. The summed E-state index contributed by atoms with van der Waals surface area (Å²) >= 11 is 0. The third kappa shape index (κ3) is 5.03. The summed E-state index contributed by atoms with van der Waals surface area (Å²) in [7, 11) is 3.24. The van der Waals surface area contributed by atoms with E-state index in [0.29, 0.717) is 23.9 Å². The molecule has 1 fully saturated rings. The number of piperazine rings is 1. The molecule has 0 amide bonds. The lowest BCUT2D eigenvalue weighted by Gasteiger charge is -2.36. The van der Waals surface area contributed by atoms with E-state index < -0.39 is 0 Å². The molecule has 4 rings (SSSR count). The summed E-state index contributed by atoms with van der Waals surface area (Å²) in [6.07, 6.45) is 0. The maximum Gasteiger partial charge on any atom is 0.203 e. The molecule has 0 aliphatic carbocycles. The van der Waals surface area contributed by atoms with Crippen LogP contribution in [0.5, 0.6) is 17.2 Å². The largest absolute Gasteiger partial charge is 0.493 e. The Balaban J connectivity index is 1.72. The molecule has 0 spiro atoms. The Morgan fingerprint density at radius 1 is 0.875 bits per heavy atom. The molecular formula is C26H29FN2O3. The van der Waals surface area contributed by atoms with Crippen molar-refractivity contribution in [3.8, 4) is 17.2 Å². The molecule has 32 heavy (non-hydrogen) atoms. The molecule has 3 aromatic rings. The Labute approximate surface area is 188 Å². The Kier molecular flexibility index (Phi) is 7.24. The second kappa shape index (κ2) is 10.5. The van der Waals surface area contributed by atoms with Gasteiger partial charge in [0, 0.05) is 26.2 Å². The maximum atomic E-state index is 14.1. The van der Waals surface area contributed by atoms with E-state index in [-0.39, 0.29) is 11.9 Å². The summed E-state index contributed by atoms with van der Waals surface area (Å²) in [5, 5.41) is 3.39. The topological polar surface area (TPSA) is 43.0 Å². The molecule has 1 atom stereocenters. The van der Waals surface area contributed by atoms with Crippen molar-refractivity contribution < 1.29 is 18.6 Å². The summed E-state index contributed by atoms with van der Waals surface area (Å²) in [4.78, 5) is 2.35. The second-order valence-corrected chi connectivity index (χ2v) is 7.77. The summed E-state index contributed by atoms with van der Waals surface area (Å²) in [6.45, 7) is 3.89. The van der Waals surface area contributed by atoms with Gasteiger partial charge < -0.3 is 19.5 Å². The van der Waals surface area contributed by atoms with Crippen molar-refractivity contribution in [2.24, 2.45) is 0 Å². The highest BCUT2D eigenvalue weighted by Gasteiger charge is 2.27. The summed E-state index contributed by atoms with van der Waals surface area (Å²) in [5.41, 5.74) is 2.92. The molecule has 3 aromatic carbocycles. The zero-order chi connectivity index (χ0) is 22.3. The molecular weight excluding hydrogens is 407 g/mol. The van der Waals surface area contributed by atoms with Gasteiger partial charge >= 0.3 is 0 Å². The van der Waals surface area contributed by atoms with Crippen LogP contribution in [0.4, 0.5) is 4.39 Å². The van der Waals surface area contributed by atoms with Crippen LogP contribution in [0, 0.1) is 5.82 Å². The minimum absolute atomic E-state index is 0.126. The molecule has 5 nitrogen and oxygen atoms in total. The van der Waals surface area contributed by atoms with Crippen LogP contribution in [-0.4, -0.2) is 45.3 Å². The van der Waals surface area contributed by atoms with Crippen molar-refractivity contribution in [1.29, 1.82) is 0 Å². The fraction of sp³-hybridized carbons (Fsp3) is 0.308. The van der Waals surface area contributed by atoms with E-state index in [2.05, 4.69) is 10.2 Å². The summed E-state index contributed by atoms with van der Waals surface area (Å²) in [6, 6.07) is 20.6. The second-order valence-electron chi connectivity index (χ2n) is 7.77. The fourth-order valence-electron chi connectivity index (χ4n) is 4.16. The molecule has 1 aliphatic rings. The third-order valence-corrected chi connectivity index (χ3v) is 5.71. The number of hydrogen-bond acceptors (Lipinski definition) is 5. The van der Waals surface area contributed by atoms with Crippen LogP contribution in [0.15, 0.2) is 66.7 Å². The average Bonchev–Trinajstić information content (AvgIpc) is 2.84. The quantitative estimate of drug-likeness (QED) is 0.566. The third-order valence-electron chi connectivity index (χ3n) is 5.71. The molecule has 0 radical (unpaired) electrons. The first kappa shape index (κ1) is 22.1. The lowest BCUT2D eigenvalue weighted by atomic mass is 9.95. The lowest BCUT2D eigenvalue weighted by Crippen LogP contribution is -2.45. The molecule has 6 heteroatoms. The highest BCUT2D eigenvalue weighted by Crippen LogP contribution is 2.43. The minimum Gasteiger partial charge on any atom is -0.493 e. The van der Waals surface area contributed by atoms with Crippen LogP contribution in [0.2, 0.25) is 0 Å². The maximum absolute atomic E-state index is 14.1. The molecule has 1 heterocycles. The number of methoxy groups -OCH3 is 2. The molecule has 0 aromatic heterocycles. The molecule has 1 N–H and O–H groups in total. The summed E-state index contributed by atoms with van der Waals surface area (Å²) in [5.74, 6) is 1.49. The highest BCUT2D eigenvalue weighted by molar-refractivity contribution is 5.55. The average molecular weight is 437 g/mol. The van der Waals surface area contributed by atoms with Gasteiger partial charge in [-0.3, -0.25) is 4.90 Å². The van der Waals surface area contributed by atoms with E-state index in [1.54, 1.807) is 26.4 Å². The number of halogens is 1. The van der Waals surface area contributed by atoms with Crippen LogP contribution >= 0.6 is 0 Å². The first-order valence-electron chi connectivity index (χ1n) is 10.8. The normalized spacial score (nSPS) is 15.2. The monoisotopic (exact) mass is 436 g/mol. The van der Waals surface area contributed by atoms with Crippen LogP contribution in [-0.2, 0) is 6.61 Å². The van der Waals surface area contributed by atoms with Gasteiger partial charge in [-0.25, -0.2) is 4.39 Å². The van der Waals surface area contributed by atoms with Gasteiger partial charge in [0.15, 0.2) is 11.5 Å². The molecule has 0 saturated carbocycles. The zero-order valence-corrected chi connectivity index (χ0v) is 18.5. The Morgan fingerprint density at radius 3 is 2.19 bits per heavy atom. The SMILES string of the molecule is COc1cc(C(c2cccc(F)c2)N2CCNCC2)cc(OC)c1OCc1ccccc1. The number of nitrogens with zero attached hydrogens (tertiary/aromatic N) is 1. The fourth-order valence-corrected chi connectivity index (χ4v) is 4.16. The lowest BCUT2D eigenvalue weighted by molar-refractivity contribution is 0.197. The van der Waals surface area contributed by atoms with Crippen molar-refractivity contribution in [3.05, 3.63) is 89.2 Å². The van der Waals surface area contributed by atoms with E-state index in [9.17, 15) is 4.39 Å². The van der Waals surface area contributed by atoms with Crippen LogP contribution in [0.1, 0.15) is 22.7 Å².